The number of alkyl halides is 2. The van der Waals surface area contributed by atoms with Crippen molar-refractivity contribution in [2.24, 2.45) is 5.92 Å². The van der Waals surface area contributed by atoms with Gasteiger partial charge in [-0.05, 0) is 20.8 Å². The number of ether oxygens (including phenoxy) is 1. The van der Waals surface area contributed by atoms with Gasteiger partial charge in [0.25, 0.3) is 5.92 Å². The Morgan fingerprint density at radius 1 is 1.47 bits per heavy atom. The van der Waals surface area contributed by atoms with Crippen molar-refractivity contribution in [3.8, 4) is 0 Å². The first-order valence-electron chi connectivity index (χ1n) is 4.97. The van der Waals surface area contributed by atoms with Gasteiger partial charge in [0.2, 0.25) is 0 Å². The van der Waals surface area contributed by atoms with E-state index >= 15 is 0 Å². The van der Waals surface area contributed by atoms with Crippen LogP contribution in [-0.4, -0.2) is 35.6 Å². The molecule has 1 atom stereocenters. The zero-order chi connectivity index (χ0) is 11.9. The van der Waals surface area contributed by atoms with Gasteiger partial charge in [-0.15, -0.1) is 0 Å². The fraction of sp³-hybridized carbons (Fsp3) is 0.900. The number of rotatable bonds is 0. The Labute approximate surface area is 88.4 Å². The molecule has 0 spiro atoms. The first-order chi connectivity index (χ1) is 6.62. The molecule has 1 unspecified atom stereocenters. The van der Waals surface area contributed by atoms with Crippen molar-refractivity contribution in [2.75, 3.05) is 13.1 Å². The molecule has 0 aromatic rings. The molecule has 0 bridgehead atoms. The van der Waals surface area contributed by atoms with Crippen LogP contribution in [-0.2, 0) is 4.74 Å². The van der Waals surface area contributed by atoms with Gasteiger partial charge in [-0.25, -0.2) is 13.6 Å². The fourth-order valence-corrected chi connectivity index (χ4v) is 1.40. The molecule has 88 valence electrons. The number of nitrogens with zero attached hydrogens (tertiary/aromatic N) is 1. The van der Waals surface area contributed by atoms with E-state index in [0.29, 0.717) is 0 Å². The number of likely N-dealkylation sites (tertiary alicyclic amines) is 1. The molecule has 0 radical (unpaired) electrons. The van der Waals surface area contributed by atoms with Crippen LogP contribution >= 0.6 is 0 Å². The number of hydrogen-bond donors (Lipinski definition) is 0. The molecule has 0 aromatic carbocycles. The average molecular weight is 221 g/mol. The lowest BCUT2D eigenvalue weighted by atomic mass is 10.1. The molecule has 15 heavy (non-hydrogen) atoms. The molecule has 1 heterocycles. The highest BCUT2D eigenvalue weighted by Crippen LogP contribution is 2.33. The van der Waals surface area contributed by atoms with E-state index in [-0.39, 0.29) is 6.54 Å². The van der Waals surface area contributed by atoms with Gasteiger partial charge in [0.05, 0.1) is 6.54 Å². The predicted molar refractivity (Wildman–Crippen MR) is 51.9 cm³/mol. The van der Waals surface area contributed by atoms with E-state index in [1.807, 2.05) is 0 Å². The van der Waals surface area contributed by atoms with Crippen LogP contribution in [0.5, 0.6) is 0 Å². The van der Waals surface area contributed by atoms with Crippen molar-refractivity contribution in [2.45, 2.75) is 39.2 Å². The summed E-state index contributed by atoms with van der Waals surface area (Å²) in [5.74, 6) is -3.60. The highest BCUT2D eigenvalue weighted by Gasteiger charge is 2.47. The highest BCUT2D eigenvalue weighted by atomic mass is 19.3. The largest absolute Gasteiger partial charge is 0.444 e. The first-order valence-corrected chi connectivity index (χ1v) is 4.97. The molecule has 3 nitrogen and oxygen atoms in total. The van der Waals surface area contributed by atoms with E-state index in [0.717, 1.165) is 4.90 Å². The molecule has 0 aliphatic carbocycles. The number of carbonyl (C=O) groups excluding carboxylic acids is 1. The van der Waals surface area contributed by atoms with E-state index < -0.39 is 30.1 Å². The average Bonchev–Trinajstić information content (AvgIpc) is 2.23. The molecule has 0 aromatic heterocycles. The normalized spacial score (nSPS) is 25.5. The van der Waals surface area contributed by atoms with Crippen LogP contribution in [0.2, 0.25) is 0 Å². The van der Waals surface area contributed by atoms with Gasteiger partial charge in [-0.3, -0.25) is 0 Å². The topological polar surface area (TPSA) is 29.5 Å². The Morgan fingerprint density at radius 2 is 2.00 bits per heavy atom. The van der Waals surface area contributed by atoms with Crippen molar-refractivity contribution in [3.05, 3.63) is 0 Å². The van der Waals surface area contributed by atoms with Crippen molar-refractivity contribution >= 4 is 6.09 Å². The van der Waals surface area contributed by atoms with E-state index in [1.165, 1.54) is 6.92 Å². The zero-order valence-electron chi connectivity index (χ0n) is 9.51. The molecule has 1 aliphatic rings. The quantitative estimate of drug-likeness (QED) is 0.629. The summed E-state index contributed by atoms with van der Waals surface area (Å²) >= 11 is 0. The summed E-state index contributed by atoms with van der Waals surface area (Å²) in [6.07, 6.45) is -0.661. The van der Waals surface area contributed by atoms with Crippen molar-refractivity contribution in [1.82, 2.24) is 4.90 Å². The van der Waals surface area contributed by atoms with E-state index in [1.54, 1.807) is 20.8 Å². The van der Waals surface area contributed by atoms with Gasteiger partial charge in [0, 0.05) is 12.5 Å². The lowest BCUT2D eigenvalue weighted by Gasteiger charge is -2.24. The zero-order valence-corrected chi connectivity index (χ0v) is 9.51. The van der Waals surface area contributed by atoms with Crippen LogP contribution in [0.15, 0.2) is 0 Å². The van der Waals surface area contributed by atoms with Gasteiger partial charge in [-0.2, -0.15) is 0 Å². The van der Waals surface area contributed by atoms with E-state index in [4.69, 9.17) is 4.74 Å². The van der Waals surface area contributed by atoms with Crippen molar-refractivity contribution in [1.29, 1.82) is 0 Å². The Bertz CT molecular complexity index is 261. The van der Waals surface area contributed by atoms with Gasteiger partial charge < -0.3 is 9.64 Å². The molecule has 1 amide bonds. The Morgan fingerprint density at radius 3 is 2.33 bits per heavy atom. The molecule has 0 N–H and O–H groups in total. The summed E-state index contributed by atoms with van der Waals surface area (Å²) in [5, 5.41) is 0. The Balaban J connectivity index is 2.58. The minimum absolute atomic E-state index is 0.0575. The van der Waals surface area contributed by atoms with Crippen LogP contribution in [0, 0.1) is 5.92 Å². The number of halogens is 2. The van der Waals surface area contributed by atoms with Crippen LogP contribution < -0.4 is 0 Å². The molecule has 5 heteroatoms. The monoisotopic (exact) mass is 221 g/mol. The standard InChI is InChI=1S/C10H17F2NO2/c1-7-5-13(6-10(7,11)12)8(14)15-9(2,3)4/h7H,5-6H2,1-4H3. The van der Waals surface area contributed by atoms with Crippen LogP contribution in [0.25, 0.3) is 0 Å². The third-order valence-electron chi connectivity index (χ3n) is 2.27. The van der Waals surface area contributed by atoms with Crippen LogP contribution in [0.4, 0.5) is 13.6 Å². The lowest BCUT2D eigenvalue weighted by Crippen LogP contribution is -2.36. The van der Waals surface area contributed by atoms with Crippen LogP contribution in [0.3, 0.4) is 0 Å². The molecule has 1 fully saturated rings. The molecule has 1 aliphatic heterocycles. The number of carbonyl (C=O) groups is 1. The van der Waals surface area contributed by atoms with E-state index in [9.17, 15) is 13.6 Å². The molecule has 1 rings (SSSR count). The maximum absolute atomic E-state index is 13.1. The van der Waals surface area contributed by atoms with Crippen molar-refractivity contribution < 1.29 is 18.3 Å². The molecular formula is C10H17F2NO2. The second kappa shape index (κ2) is 3.61. The summed E-state index contributed by atoms with van der Waals surface area (Å²) < 4.78 is 31.3. The minimum Gasteiger partial charge on any atom is -0.444 e. The summed E-state index contributed by atoms with van der Waals surface area (Å²) in [4.78, 5) is 12.5. The third-order valence-corrected chi connectivity index (χ3v) is 2.27. The van der Waals surface area contributed by atoms with Crippen LogP contribution in [0.1, 0.15) is 27.7 Å². The number of amides is 1. The summed E-state index contributed by atoms with van der Waals surface area (Å²) in [6.45, 7) is 6.09. The molecule has 0 saturated carbocycles. The fourth-order valence-electron chi connectivity index (χ4n) is 1.40. The second-order valence-electron chi connectivity index (χ2n) is 5.02. The Kier molecular flexibility index (Phi) is 2.94. The van der Waals surface area contributed by atoms with Gasteiger partial charge in [0.1, 0.15) is 5.60 Å². The van der Waals surface area contributed by atoms with Gasteiger partial charge in [-0.1, -0.05) is 6.92 Å². The summed E-state index contributed by atoms with van der Waals surface area (Å²) in [6, 6.07) is 0. The SMILES string of the molecule is CC1CN(C(=O)OC(C)(C)C)CC1(F)F. The first kappa shape index (κ1) is 12.2. The predicted octanol–water partition coefficient (Wildman–Crippen LogP) is 2.51. The molecular weight excluding hydrogens is 204 g/mol. The second-order valence-corrected chi connectivity index (χ2v) is 5.02. The maximum atomic E-state index is 13.1. The summed E-state index contributed by atoms with van der Waals surface area (Å²) in [5.41, 5.74) is -0.641. The van der Waals surface area contributed by atoms with Crippen molar-refractivity contribution in [3.63, 3.8) is 0 Å². The Hall–Kier alpha value is -0.870. The van der Waals surface area contributed by atoms with E-state index in [2.05, 4.69) is 0 Å². The third kappa shape index (κ3) is 3.04. The van der Waals surface area contributed by atoms with Gasteiger partial charge in [0.15, 0.2) is 0 Å². The maximum Gasteiger partial charge on any atom is 0.410 e. The molecule has 1 saturated heterocycles. The lowest BCUT2D eigenvalue weighted by molar-refractivity contribution is -0.0246. The number of hydrogen-bond acceptors (Lipinski definition) is 2. The summed E-state index contributed by atoms with van der Waals surface area (Å²) in [7, 11) is 0. The minimum atomic E-state index is -2.79. The van der Waals surface area contributed by atoms with Gasteiger partial charge >= 0.3 is 6.09 Å². The smallest absolute Gasteiger partial charge is 0.410 e. The highest BCUT2D eigenvalue weighted by molar-refractivity contribution is 5.68.